The zero-order valence-electron chi connectivity index (χ0n) is 23.0. The van der Waals surface area contributed by atoms with Gasteiger partial charge in [-0.25, -0.2) is 0 Å². The summed E-state index contributed by atoms with van der Waals surface area (Å²) < 4.78 is 38.4. The van der Waals surface area contributed by atoms with Crippen LogP contribution in [0, 0.1) is 0 Å². The Bertz CT molecular complexity index is 869. The summed E-state index contributed by atoms with van der Waals surface area (Å²) in [7, 11) is 0. The Balaban J connectivity index is 1.36. The first-order valence-corrected chi connectivity index (χ1v) is 13.7. The molecule has 18 heteroatoms. The number of hydrogen-bond acceptors (Lipinski definition) is 18. The quantitative estimate of drug-likeness (QED) is 0.126. The molecule has 0 aromatic carbocycles. The molecule has 0 saturated carbocycles. The molecule has 4 saturated heterocycles. The number of aliphatic hydroxyl groups excluding tert-OH is 11. The molecule has 0 aliphatic carbocycles. The summed E-state index contributed by atoms with van der Waals surface area (Å²) >= 11 is 0. The molecule has 20 atom stereocenters. The zero-order valence-corrected chi connectivity index (χ0v) is 23.0. The van der Waals surface area contributed by atoms with Crippen molar-refractivity contribution in [3.8, 4) is 0 Å². The second-order valence-electron chi connectivity index (χ2n) is 11.1. The number of ether oxygens (including phenoxy) is 7. The maximum Gasteiger partial charge on any atom is 0.187 e. The van der Waals surface area contributed by atoms with Crippen LogP contribution in [-0.4, -0.2) is 186 Å². The van der Waals surface area contributed by atoms with E-state index >= 15 is 0 Å². The van der Waals surface area contributed by atoms with E-state index in [1.54, 1.807) is 0 Å². The molecule has 18 nitrogen and oxygen atoms in total. The summed E-state index contributed by atoms with van der Waals surface area (Å²) in [5, 5.41) is 113. The van der Waals surface area contributed by atoms with Crippen molar-refractivity contribution in [1.29, 1.82) is 0 Å². The average molecular weight is 619 g/mol. The molecule has 4 aliphatic heterocycles. The minimum absolute atomic E-state index is 0.697. The van der Waals surface area contributed by atoms with Gasteiger partial charge in [-0.3, -0.25) is 0 Å². The third kappa shape index (κ3) is 6.62. The van der Waals surface area contributed by atoms with Gasteiger partial charge >= 0.3 is 0 Å². The Kier molecular flexibility index (Phi) is 11.2. The SMILES string of the molecule is C[C@@H]1O[C@@H](O[C@@H]2[C@@H](O)[C@@H](O)[C@H](O[C@@H]3[C@@H](O)[C@@H](O)[C@H](O[C@@H]4[C@@H](O)[C@H](O)[C@@H](CO)O[C@H]4O)O[C@H]3C)O[C@H]2C)[C@H](O)[C@H](O)[C@H]1O. The van der Waals surface area contributed by atoms with E-state index in [1.165, 1.54) is 20.8 Å². The van der Waals surface area contributed by atoms with Gasteiger partial charge in [0.25, 0.3) is 0 Å². The average Bonchev–Trinajstić information content (AvgIpc) is 2.95. The monoisotopic (exact) mass is 618 g/mol. The van der Waals surface area contributed by atoms with E-state index < -0.39 is 129 Å². The fourth-order valence-electron chi connectivity index (χ4n) is 5.42. The van der Waals surface area contributed by atoms with Crippen LogP contribution in [0.3, 0.4) is 0 Å². The highest BCUT2D eigenvalue weighted by molar-refractivity contribution is 4.96. The number of rotatable bonds is 7. The van der Waals surface area contributed by atoms with Gasteiger partial charge in [-0.1, -0.05) is 0 Å². The molecule has 0 bridgehead atoms. The Morgan fingerprint density at radius 1 is 0.429 bits per heavy atom. The molecule has 11 N–H and O–H groups in total. The molecule has 0 amide bonds. The summed E-state index contributed by atoms with van der Waals surface area (Å²) in [4.78, 5) is 0. The van der Waals surface area contributed by atoms with Gasteiger partial charge in [0.1, 0.15) is 79.4 Å². The van der Waals surface area contributed by atoms with Crippen LogP contribution in [0.1, 0.15) is 20.8 Å². The summed E-state index contributed by atoms with van der Waals surface area (Å²) in [6.45, 7) is 3.62. The summed E-state index contributed by atoms with van der Waals surface area (Å²) in [5.41, 5.74) is 0. The van der Waals surface area contributed by atoms with Gasteiger partial charge < -0.3 is 89.3 Å². The molecular formula is C24H42O18. The smallest absolute Gasteiger partial charge is 0.187 e. The van der Waals surface area contributed by atoms with Crippen LogP contribution in [0.4, 0.5) is 0 Å². The van der Waals surface area contributed by atoms with Crippen molar-refractivity contribution in [2.75, 3.05) is 6.61 Å². The van der Waals surface area contributed by atoms with E-state index in [2.05, 4.69) is 0 Å². The molecule has 4 rings (SSSR count). The van der Waals surface area contributed by atoms with Crippen molar-refractivity contribution < 1.29 is 89.3 Å². The predicted octanol–water partition coefficient (Wildman–Crippen LogP) is -6.67. The summed E-state index contributed by atoms with van der Waals surface area (Å²) in [5.74, 6) is 0. The fourth-order valence-corrected chi connectivity index (χ4v) is 5.42. The van der Waals surface area contributed by atoms with Crippen molar-refractivity contribution in [3.63, 3.8) is 0 Å². The Morgan fingerprint density at radius 3 is 1.26 bits per heavy atom. The molecular weight excluding hydrogens is 576 g/mol. The molecule has 0 aromatic rings. The molecule has 4 fully saturated rings. The molecule has 0 spiro atoms. The minimum atomic E-state index is -1.84. The highest BCUT2D eigenvalue weighted by Crippen LogP contribution is 2.33. The predicted molar refractivity (Wildman–Crippen MR) is 130 cm³/mol. The molecule has 4 heterocycles. The minimum Gasteiger partial charge on any atom is -0.394 e. The van der Waals surface area contributed by atoms with Crippen LogP contribution in [0.25, 0.3) is 0 Å². The number of aliphatic hydroxyl groups is 11. The first kappa shape index (κ1) is 34.2. The lowest BCUT2D eigenvalue weighted by atomic mass is 9.96. The van der Waals surface area contributed by atoms with E-state index in [0.717, 1.165) is 0 Å². The Hall–Kier alpha value is -0.720. The van der Waals surface area contributed by atoms with Gasteiger partial charge in [0.05, 0.1) is 24.9 Å². The molecule has 0 unspecified atom stereocenters. The maximum atomic E-state index is 10.8. The number of hydrogen-bond donors (Lipinski definition) is 11. The molecule has 0 radical (unpaired) electrons. The van der Waals surface area contributed by atoms with Crippen molar-refractivity contribution in [1.82, 2.24) is 0 Å². The van der Waals surface area contributed by atoms with E-state index in [9.17, 15) is 56.2 Å². The standard InChI is InChI=1S/C24H42O18/c1-5-9(26)11(28)15(32)22(36-5)40-18-6(2)37-23(16(33)13(18)30)41-19-7(3)38-24(17(34)14(19)31)42-20-12(29)10(27)8(4-25)39-21(20)35/h5-35H,4H2,1-3H3/t5-,6-,7-,8+,9-,10+,11+,12-,13-,14-,15+,16+,17+,18-,19-,20+,21+,22-,23-,24-/m0/s1. The van der Waals surface area contributed by atoms with Gasteiger partial charge in [0.2, 0.25) is 0 Å². The third-order valence-electron chi connectivity index (χ3n) is 8.08. The van der Waals surface area contributed by atoms with Crippen LogP contribution in [0.2, 0.25) is 0 Å². The normalized spacial score (nSPS) is 55.9. The second-order valence-corrected chi connectivity index (χ2v) is 11.1. The maximum absolute atomic E-state index is 10.8. The molecule has 0 aromatic heterocycles. The van der Waals surface area contributed by atoms with Gasteiger partial charge in [-0.05, 0) is 20.8 Å². The van der Waals surface area contributed by atoms with Gasteiger partial charge in [-0.2, -0.15) is 0 Å². The van der Waals surface area contributed by atoms with Crippen LogP contribution < -0.4 is 0 Å². The van der Waals surface area contributed by atoms with E-state index in [4.69, 9.17) is 33.2 Å². The second kappa shape index (κ2) is 13.7. The lowest BCUT2D eigenvalue weighted by Gasteiger charge is -2.48. The summed E-state index contributed by atoms with van der Waals surface area (Å²) in [6, 6.07) is 0. The van der Waals surface area contributed by atoms with Crippen LogP contribution >= 0.6 is 0 Å². The highest BCUT2D eigenvalue weighted by atomic mass is 16.8. The zero-order chi connectivity index (χ0) is 31.2. The van der Waals surface area contributed by atoms with Crippen molar-refractivity contribution in [2.45, 2.75) is 144 Å². The van der Waals surface area contributed by atoms with Crippen LogP contribution in [0.15, 0.2) is 0 Å². The van der Waals surface area contributed by atoms with E-state index in [-0.39, 0.29) is 0 Å². The van der Waals surface area contributed by atoms with Crippen molar-refractivity contribution in [3.05, 3.63) is 0 Å². The molecule has 246 valence electrons. The first-order valence-electron chi connectivity index (χ1n) is 13.7. The van der Waals surface area contributed by atoms with Crippen LogP contribution in [-0.2, 0) is 33.2 Å². The molecule has 4 aliphatic rings. The summed E-state index contributed by atoms with van der Waals surface area (Å²) in [6.07, 6.45) is -30.2. The highest BCUT2D eigenvalue weighted by Gasteiger charge is 2.53. The van der Waals surface area contributed by atoms with Crippen molar-refractivity contribution >= 4 is 0 Å². The third-order valence-corrected chi connectivity index (χ3v) is 8.08. The Labute approximate surface area is 240 Å². The van der Waals surface area contributed by atoms with E-state index in [1.807, 2.05) is 0 Å². The molecule has 42 heavy (non-hydrogen) atoms. The Morgan fingerprint density at radius 2 is 0.810 bits per heavy atom. The lowest BCUT2D eigenvalue weighted by Crippen LogP contribution is -2.66. The van der Waals surface area contributed by atoms with Crippen molar-refractivity contribution in [2.24, 2.45) is 0 Å². The van der Waals surface area contributed by atoms with Gasteiger partial charge in [0, 0.05) is 0 Å². The van der Waals surface area contributed by atoms with Gasteiger partial charge in [0.15, 0.2) is 25.2 Å². The largest absolute Gasteiger partial charge is 0.394 e. The lowest BCUT2D eigenvalue weighted by molar-refractivity contribution is -0.384. The first-order chi connectivity index (χ1) is 19.7. The van der Waals surface area contributed by atoms with Gasteiger partial charge in [-0.15, -0.1) is 0 Å². The topological polar surface area (TPSA) is 287 Å². The van der Waals surface area contributed by atoms with E-state index in [0.29, 0.717) is 0 Å². The fraction of sp³-hybridized carbons (Fsp3) is 1.00. The van der Waals surface area contributed by atoms with Crippen LogP contribution in [0.5, 0.6) is 0 Å².